The fraction of sp³-hybridized carbons (Fsp3) is 0.500. The first-order valence-electron chi connectivity index (χ1n) is 6.53. The summed E-state index contributed by atoms with van der Waals surface area (Å²) in [7, 11) is 2.17. The number of thiophene rings is 1. The van der Waals surface area contributed by atoms with Gasteiger partial charge in [-0.05, 0) is 49.6 Å². The molecule has 0 amide bonds. The number of likely N-dealkylation sites (N-methyl/N-ethyl adjacent to an activating group) is 1. The summed E-state index contributed by atoms with van der Waals surface area (Å²) >= 11 is 1.70. The van der Waals surface area contributed by atoms with Crippen molar-refractivity contribution in [1.29, 1.82) is 0 Å². The fourth-order valence-electron chi connectivity index (χ4n) is 2.21. The largest absolute Gasteiger partial charge is 0.478 e. The Hall–Kier alpha value is -1.17. The van der Waals surface area contributed by atoms with Crippen LogP contribution in [0.3, 0.4) is 0 Å². The Bertz CT molecular complexity index is 456. The third kappa shape index (κ3) is 4.78. The zero-order chi connectivity index (χ0) is 13.7. The van der Waals surface area contributed by atoms with E-state index in [0.29, 0.717) is 0 Å². The van der Waals surface area contributed by atoms with Crippen molar-refractivity contribution in [1.82, 2.24) is 9.80 Å². The van der Waals surface area contributed by atoms with Crippen LogP contribution in [0.25, 0.3) is 6.08 Å². The first-order valence-corrected chi connectivity index (χ1v) is 7.41. The lowest BCUT2D eigenvalue weighted by molar-refractivity contribution is -0.131. The van der Waals surface area contributed by atoms with E-state index in [1.165, 1.54) is 23.9 Å². The molecule has 1 saturated heterocycles. The van der Waals surface area contributed by atoms with Gasteiger partial charge in [0.15, 0.2) is 0 Å². The van der Waals surface area contributed by atoms with Crippen LogP contribution in [0.5, 0.6) is 0 Å². The van der Waals surface area contributed by atoms with Gasteiger partial charge in [-0.3, -0.25) is 4.90 Å². The second-order valence-corrected chi connectivity index (χ2v) is 5.95. The predicted octanol–water partition coefficient (Wildman–Crippen LogP) is 1.98. The van der Waals surface area contributed by atoms with Crippen LogP contribution in [0.15, 0.2) is 17.5 Å². The Labute approximate surface area is 118 Å². The molecule has 4 nitrogen and oxygen atoms in total. The van der Waals surface area contributed by atoms with Crippen molar-refractivity contribution in [2.45, 2.75) is 13.0 Å². The summed E-state index contributed by atoms with van der Waals surface area (Å²) in [6.45, 7) is 5.52. The van der Waals surface area contributed by atoms with E-state index in [9.17, 15) is 4.79 Å². The molecule has 1 aromatic rings. The van der Waals surface area contributed by atoms with Gasteiger partial charge in [0.05, 0.1) is 0 Å². The van der Waals surface area contributed by atoms with Crippen molar-refractivity contribution in [3.63, 3.8) is 0 Å². The van der Waals surface area contributed by atoms with Crippen molar-refractivity contribution >= 4 is 23.4 Å². The molecular formula is C14H20N2O2S. The van der Waals surface area contributed by atoms with E-state index in [4.69, 9.17) is 5.11 Å². The van der Waals surface area contributed by atoms with E-state index >= 15 is 0 Å². The first kappa shape index (κ1) is 14.2. The van der Waals surface area contributed by atoms with Gasteiger partial charge in [-0.25, -0.2) is 4.79 Å². The summed E-state index contributed by atoms with van der Waals surface area (Å²) in [6, 6.07) is 2.08. The monoisotopic (exact) mass is 280 g/mol. The molecule has 0 unspecified atom stereocenters. The molecule has 2 rings (SSSR count). The molecule has 0 saturated carbocycles. The van der Waals surface area contributed by atoms with Crippen molar-refractivity contribution in [3.8, 4) is 0 Å². The molecule has 0 aromatic carbocycles. The lowest BCUT2D eigenvalue weighted by atomic mass is 10.2. The highest BCUT2D eigenvalue weighted by Crippen LogP contribution is 2.18. The fourth-order valence-corrected chi connectivity index (χ4v) is 3.11. The minimum Gasteiger partial charge on any atom is -0.478 e. The van der Waals surface area contributed by atoms with Gasteiger partial charge in [0.1, 0.15) is 0 Å². The number of aliphatic carboxylic acids is 1. The number of rotatable bonds is 4. The highest BCUT2D eigenvalue weighted by atomic mass is 32.1. The topological polar surface area (TPSA) is 43.8 Å². The quantitative estimate of drug-likeness (QED) is 0.857. The summed E-state index contributed by atoms with van der Waals surface area (Å²) in [5.41, 5.74) is 0.981. The second-order valence-electron chi connectivity index (χ2n) is 4.95. The average molecular weight is 280 g/mol. The van der Waals surface area contributed by atoms with E-state index < -0.39 is 5.97 Å². The molecule has 1 aromatic heterocycles. The van der Waals surface area contributed by atoms with E-state index in [1.807, 2.05) is 5.38 Å². The van der Waals surface area contributed by atoms with Gasteiger partial charge >= 0.3 is 5.97 Å². The first-order chi connectivity index (χ1) is 9.13. The van der Waals surface area contributed by atoms with Crippen LogP contribution in [-0.2, 0) is 11.3 Å². The van der Waals surface area contributed by atoms with E-state index in [1.54, 1.807) is 17.4 Å². The zero-order valence-electron chi connectivity index (χ0n) is 11.2. The standard InChI is InChI=1S/C14H20N2O2S/c1-15-5-2-6-16(8-7-15)10-13-9-12(11-19-13)3-4-14(17)18/h3-4,9,11H,2,5-8,10H2,1H3,(H,17,18). The summed E-state index contributed by atoms with van der Waals surface area (Å²) in [5.74, 6) is -0.900. The SMILES string of the molecule is CN1CCCN(Cc2cc(C=CC(=O)O)cs2)CC1. The maximum absolute atomic E-state index is 10.5. The second kappa shape index (κ2) is 6.84. The number of carboxylic acids is 1. The average Bonchev–Trinajstić information content (AvgIpc) is 2.71. The molecule has 1 aliphatic heterocycles. The van der Waals surface area contributed by atoms with Crippen LogP contribution in [0.4, 0.5) is 0 Å². The van der Waals surface area contributed by atoms with Gasteiger partial charge in [-0.15, -0.1) is 11.3 Å². The van der Waals surface area contributed by atoms with Crippen LogP contribution in [-0.4, -0.2) is 54.1 Å². The minimum atomic E-state index is -0.900. The van der Waals surface area contributed by atoms with Crippen molar-refractivity contribution in [3.05, 3.63) is 28.0 Å². The third-order valence-electron chi connectivity index (χ3n) is 3.28. The van der Waals surface area contributed by atoms with Gasteiger partial charge < -0.3 is 10.0 Å². The molecule has 1 fully saturated rings. The number of carboxylic acid groups (broad SMARTS) is 1. The maximum Gasteiger partial charge on any atom is 0.328 e. The number of hydrogen-bond acceptors (Lipinski definition) is 4. The molecule has 0 spiro atoms. The summed E-state index contributed by atoms with van der Waals surface area (Å²) in [5, 5.41) is 10.6. The molecule has 5 heteroatoms. The molecule has 2 heterocycles. The predicted molar refractivity (Wildman–Crippen MR) is 78.4 cm³/mol. The molecule has 0 bridgehead atoms. The maximum atomic E-state index is 10.5. The van der Waals surface area contributed by atoms with E-state index in [2.05, 4.69) is 22.9 Å². The number of hydrogen-bond donors (Lipinski definition) is 1. The molecule has 1 N–H and O–H groups in total. The Morgan fingerprint density at radius 3 is 3.05 bits per heavy atom. The van der Waals surface area contributed by atoms with Gasteiger partial charge in [0, 0.05) is 30.6 Å². The van der Waals surface area contributed by atoms with Crippen LogP contribution in [0.1, 0.15) is 16.9 Å². The molecule has 0 aliphatic carbocycles. The van der Waals surface area contributed by atoms with Gasteiger partial charge in [-0.2, -0.15) is 0 Å². The van der Waals surface area contributed by atoms with E-state index in [-0.39, 0.29) is 0 Å². The normalized spacial score (nSPS) is 18.8. The molecule has 104 valence electrons. The molecular weight excluding hydrogens is 260 g/mol. The Balaban J connectivity index is 1.90. The lowest BCUT2D eigenvalue weighted by Gasteiger charge is -2.18. The van der Waals surface area contributed by atoms with Crippen LogP contribution >= 0.6 is 11.3 Å². The Morgan fingerprint density at radius 1 is 1.42 bits per heavy atom. The smallest absolute Gasteiger partial charge is 0.328 e. The molecule has 19 heavy (non-hydrogen) atoms. The van der Waals surface area contributed by atoms with Crippen LogP contribution in [0, 0.1) is 0 Å². The molecule has 0 atom stereocenters. The van der Waals surface area contributed by atoms with Crippen LogP contribution < -0.4 is 0 Å². The molecule has 0 radical (unpaired) electrons. The Kier molecular flexibility index (Phi) is 5.13. The highest BCUT2D eigenvalue weighted by molar-refractivity contribution is 7.10. The van der Waals surface area contributed by atoms with Crippen molar-refractivity contribution < 1.29 is 9.90 Å². The Morgan fingerprint density at radius 2 is 2.26 bits per heavy atom. The van der Waals surface area contributed by atoms with E-state index in [0.717, 1.165) is 31.7 Å². The third-order valence-corrected chi connectivity index (χ3v) is 4.22. The highest BCUT2D eigenvalue weighted by Gasteiger charge is 2.12. The van der Waals surface area contributed by atoms with Crippen LogP contribution in [0.2, 0.25) is 0 Å². The van der Waals surface area contributed by atoms with Gasteiger partial charge in [0.2, 0.25) is 0 Å². The summed E-state index contributed by atoms with van der Waals surface area (Å²) in [4.78, 5) is 16.6. The number of nitrogens with zero attached hydrogens (tertiary/aromatic N) is 2. The summed E-state index contributed by atoms with van der Waals surface area (Å²) in [6.07, 6.45) is 4.05. The van der Waals surface area contributed by atoms with Gasteiger partial charge in [-0.1, -0.05) is 0 Å². The number of carbonyl (C=O) groups is 1. The van der Waals surface area contributed by atoms with Crippen molar-refractivity contribution in [2.75, 3.05) is 33.2 Å². The molecule has 1 aliphatic rings. The lowest BCUT2D eigenvalue weighted by Crippen LogP contribution is -2.28. The summed E-state index contributed by atoms with van der Waals surface area (Å²) < 4.78 is 0. The van der Waals surface area contributed by atoms with Gasteiger partial charge in [0.25, 0.3) is 0 Å². The zero-order valence-corrected chi connectivity index (χ0v) is 12.0. The minimum absolute atomic E-state index is 0.900. The van der Waals surface area contributed by atoms with Crippen molar-refractivity contribution in [2.24, 2.45) is 0 Å².